The summed E-state index contributed by atoms with van der Waals surface area (Å²) in [5.74, 6) is -9.46. The van der Waals surface area contributed by atoms with Gasteiger partial charge in [0.1, 0.15) is 41.8 Å². The first-order valence-electron chi connectivity index (χ1n) is 36.4. The van der Waals surface area contributed by atoms with Crippen LogP contribution in [0.25, 0.3) is 0 Å². The van der Waals surface area contributed by atoms with Crippen molar-refractivity contribution in [2.75, 3.05) is 102 Å². The van der Waals surface area contributed by atoms with E-state index in [1.807, 2.05) is 20.8 Å². The molecule has 25 nitrogen and oxygen atoms in total. The second-order valence-electron chi connectivity index (χ2n) is 29.5. The highest BCUT2D eigenvalue weighted by atomic mass is 35.5. The van der Waals surface area contributed by atoms with Crippen LogP contribution in [0, 0.1) is 23.7 Å². The van der Waals surface area contributed by atoms with Crippen molar-refractivity contribution in [1.82, 2.24) is 60.0 Å². The Morgan fingerprint density at radius 3 is 1.81 bits per heavy atom. The number of carbonyl (C=O) groups is 12. The fraction of sp³-hybridized carbons (Fsp3) is 0.750. The van der Waals surface area contributed by atoms with E-state index >= 15 is 24.0 Å². The third-order valence-electron chi connectivity index (χ3n) is 21.5. The minimum Gasteiger partial charge on any atom is -0.395 e. The number of likely N-dealkylation sites (tertiary alicyclic amines) is 1. The minimum atomic E-state index is -4.79. The standard InChI is InChI=1S/C72H112ClF3N12O13/c1-12-47(4)62-68(99)82(7)44-60(93)80(5)45-61(94)84(9)55(40-48-24-16-13-17-25-48)66(97)81(6)42-57(90)77-53(31-29-49-28-30-51(52(73)39-49)72(74,75)76)65(96)88(36-37-89)43-58(91)79-71(32-20-21-33-71)70(101)86(11)63(50-26-18-14-19-27-50)69(100)85(10)56(67(98)87-34-22-15-23-35-87)41-59(92)83(8)54(38-46(2)3)64(95)78-62/h28,30,39,46-48,50,53-56,62-63,89H,12-27,29,31-38,40-45H2,1-11H3,(H,77,90)(H,78,95)(H,79,91)/t47-,53-,54-,55-,56-,62-,63-/m0/s1. The van der Waals surface area contributed by atoms with E-state index < -0.39 is 187 Å². The first-order chi connectivity index (χ1) is 47.6. The summed E-state index contributed by atoms with van der Waals surface area (Å²) in [6.07, 6.45) is 5.89. The first kappa shape index (κ1) is 82.9. The number of hydrogen-bond donors (Lipinski definition) is 4. The van der Waals surface area contributed by atoms with Gasteiger partial charge in [-0.25, -0.2) is 0 Å². The zero-order valence-electron chi connectivity index (χ0n) is 61.3. The van der Waals surface area contributed by atoms with Crippen LogP contribution in [-0.2, 0) is 70.1 Å². The van der Waals surface area contributed by atoms with Gasteiger partial charge in [0.25, 0.3) is 0 Å². The van der Waals surface area contributed by atoms with Crippen LogP contribution in [0.2, 0.25) is 5.02 Å². The number of piperidine rings is 1. The van der Waals surface area contributed by atoms with Gasteiger partial charge in [0.2, 0.25) is 70.9 Å². The zero-order valence-corrected chi connectivity index (χ0v) is 62.1. The van der Waals surface area contributed by atoms with Crippen molar-refractivity contribution in [1.29, 1.82) is 0 Å². The number of β-amino-alcohol motifs (C(OH)–C–C–N with tert-alkyl or cyclic N) is 1. The third kappa shape index (κ3) is 22.2. The highest BCUT2D eigenvalue weighted by Gasteiger charge is 2.50. The molecule has 101 heavy (non-hydrogen) atoms. The molecule has 4 N–H and O–H groups in total. The summed E-state index contributed by atoms with van der Waals surface area (Å²) in [7, 11) is 9.85. The van der Waals surface area contributed by atoms with Crippen LogP contribution in [0.3, 0.4) is 0 Å². The number of aliphatic hydroxyl groups is 1. The van der Waals surface area contributed by atoms with E-state index in [1.165, 1.54) is 75.0 Å². The number of aliphatic hydroxyl groups excluding tert-OH is 1. The van der Waals surface area contributed by atoms with E-state index in [4.69, 9.17) is 11.6 Å². The molecule has 0 bridgehead atoms. The Morgan fingerprint density at radius 2 is 1.23 bits per heavy atom. The predicted octanol–water partition coefficient (Wildman–Crippen LogP) is 5.25. The quantitative estimate of drug-likeness (QED) is 0.197. The predicted molar refractivity (Wildman–Crippen MR) is 373 cm³/mol. The number of aryl methyl sites for hydroxylation is 1. The van der Waals surface area contributed by atoms with E-state index in [1.54, 1.807) is 11.8 Å². The SMILES string of the molecule is CC[C@H](C)[C@@H]1NC(=O)[C@H](CC(C)C)N(C)C(=O)C[C@@H](C(=O)N2CCCCC2)N(C)C(=O)[C@H](C2CCCCC2)N(C)C(=O)C2(CCCC2)NC(=O)CN(CCO)C(=O)[C@H](CCc2ccc(C(F)(F)F)c(Cl)c2)NC(=O)CN(C)C(=O)[C@H](CC2CCCCC2)N(C)C(=O)CN(C)C(=O)CN(C)C1=O. The normalized spacial score (nSPS) is 25.5. The number of nitrogens with one attached hydrogen (secondary N) is 3. The molecule has 6 rings (SSSR count). The molecule has 7 atom stereocenters. The van der Waals surface area contributed by atoms with Crippen LogP contribution >= 0.6 is 11.6 Å². The van der Waals surface area contributed by atoms with Gasteiger partial charge in [-0.3, -0.25) is 57.5 Å². The molecule has 29 heteroatoms. The second-order valence-corrected chi connectivity index (χ2v) is 29.9. The molecule has 2 saturated heterocycles. The fourth-order valence-electron chi connectivity index (χ4n) is 15.1. The third-order valence-corrected chi connectivity index (χ3v) is 21.9. The molecule has 12 amide bonds. The van der Waals surface area contributed by atoms with Gasteiger partial charge < -0.3 is 65.2 Å². The van der Waals surface area contributed by atoms with Gasteiger partial charge in [-0.1, -0.05) is 116 Å². The lowest BCUT2D eigenvalue weighted by Crippen LogP contribution is -2.64. The summed E-state index contributed by atoms with van der Waals surface area (Å²) in [4.78, 5) is 190. The van der Waals surface area contributed by atoms with Crippen molar-refractivity contribution >= 4 is 82.5 Å². The summed E-state index contributed by atoms with van der Waals surface area (Å²) < 4.78 is 41.6. The van der Waals surface area contributed by atoms with Gasteiger partial charge >= 0.3 is 6.18 Å². The maximum Gasteiger partial charge on any atom is 0.417 e. The molecule has 1 spiro atoms. The van der Waals surface area contributed by atoms with Gasteiger partial charge in [0.15, 0.2) is 0 Å². The molecule has 2 aliphatic heterocycles. The number of hydrogen-bond acceptors (Lipinski definition) is 13. The van der Waals surface area contributed by atoms with Crippen LogP contribution in [0.15, 0.2) is 18.2 Å². The molecule has 5 aliphatic rings. The number of nitrogens with zero attached hydrogens (tertiary/aromatic N) is 9. The molecule has 0 aromatic heterocycles. The van der Waals surface area contributed by atoms with Gasteiger partial charge in [0.05, 0.1) is 49.8 Å². The minimum absolute atomic E-state index is 0.00412. The average Bonchev–Trinajstić information content (AvgIpc) is 1.77. The van der Waals surface area contributed by atoms with E-state index in [0.717, 1.165) is 89.5 Å². The zero-order chi connectivity index (χ0) is 74.8. The van der Waals surface area contributed by atoms with E-state index in [2.05, 4.69) is 16.0 Å². The number of alkyl halides is 3. The lowest BCUT2D eigenvalue weighted by atomic mass is 9.81. The first-order valence-corrected chi connectivity index (χ1v) is 36.8. The molecule has 5 fully saturated rings. The van der Waals surface area contributed by atoms with Crippen LogP contribution in [0.4, 0.5) is 13.2 Å². The summed E-state index contributed by atoms with van der Waals surface area (Å²) in [5.41, 5.74) is -2.50. The highest BCUT2D eigenvalue weighted by Crippen LogP contribution is 2.38. The van der Waals surface area contributed by atoms with Gasteiger partial charge in [-0.2, -0.15) is 13.2 Å². The Labute approximate surface area is 599 Å². The van der Waals surface area contributed by atoms with Crippen LogP contribution in [0.5, 0.6) is 0 Å². The highest BCUT2D eigenvalue weighted by molar-refractivity contribution is 6.31. The number of benzene rings is 1. The van der Waals surface area contributed by atoms with Gasteiger partial charge in [0, 0.05) is 69.0 Å². The molecule has 1 aromatic rings. The van der Waals surface area contributed by atoms with E-state index in [9.17, 15) is 51.8 Å². The monoisotopic (exact) mass is 1440 g/mol. The maximum atomic E-state index is 15.8. The summed E-state index contributed by atoms with van der Waals surface area (Å²) >= 11 is 6.13. The molecular weight excluding hydrogens is 1330 g/mol. The Balaban J connectivity index is 1.44. The average molecular weight is 1450 g/mol. The molecule has 3 aliphatic carbocycles. The number of amides is 12. The maximum absolute atomic E-state index is 15.8. The molecule has 2 heterocycles. The van der Waals surface area contributed by atoms with E-state index in [0.29, 0.717) is 58.0 Å². The molecular formula is C72H112ClF3N12O13. The number of likely N-dealkylation sites (N-methyl/N-ethyl adjacent to an activating group) is 7. The van der Waals surface area contributed by atoms with Crippen molar-refractivity contribution in [2.45, 2.75) is 223 Å². The van der Waals surface area contributed by atoms with Crippen molar-refractivity contribution in [3.05, 3.63) is 34.3 Å². The Morgan fingerprint density at radius 1 is 0.644 bits per heavy atom. The smallest absolute Gasteiger partial charge is 0.395 e. The largest absolute Gasteiger partial charge is 0.417 e. The summed E-state index contributed by atoms with van der Waals surface area (Å²) in [6.45, 7) is 4.32. The second kappa shape index (κ2) is 37.9. The van der Waals surface area contributed by atoms with Gasteiger partial charge in [-0.05, 0) is 112 Å². The van der Waals surface area contributed by atoms with Gasteiger partial charge in [-0.15, -0.1) is 0 Å². The van der Waals surface area contributed by atoms with Crippen LogP contribution in [0.1, 0.15) is 180 Å². The topological polar surface area (TPSA) is 290 Å². The molecule has 0 unspecified atom stereocenters. The summed E-state index contributed by atoms with van der Waals surface area (Å²) in [6, 6.07) is -4.73. The Kier molecular flexibility index (Phi) is 31.1. The lowest BCUT2D eigenvalue weighted by molar-refractivity contribution is -0.157. The van der Waals surface area contributed by atoms with Crippen molar-refractivity contribution in [3.63, 3.8) is 0 Å². The van der Waals surface area contributed by atoms with Crippen molar-refractivity contribution in [2.24, 2.45) is 23.7 Å². The van der Waals surface area contributed by atoms with Crippen LogP contribution < -0.4 is 16.0 Å². The fourth-order valence-corrected chi connectivity index (χ4v) is 15.4. The van der Waals surface area contributed by atoms with Crippen molar-refractivity contribution < 1.29 is 75.8 Å². The lowest BCUT2D eigenvalue weighted by Gasteiger charge is -2.43. The summed E-state index contributed by atoms with van der Waals surface area (Å²) in [5, 5.41) is 18.4. The number of carbonyl (C=O) groups excluding carboxylic acids is 12. The van der Waals surface area contributed by atoms with E-state index in [-0.39, 0.29) is 55.9 Å². The Hall–Kier alpha value is -7.10. The number of halogens is 4. The van der Waals surface area contributed by atoms with Crippen molar-refractivity contribution in [3.8, 4) is 0 Å². The number of rotatable bonds is 13. The van der Waals surface area contributed by atoms with Crippen LogP contribution in [-0.4, -0.2) is 264 Å². The Bertz CT molecular complexity index is 3080. The molecule has 3 saturated carbocycles. The molecule has 1 aromatic carbocycles. The molecule has 0 radical (unpaired) electrons. The molecule has 566 valence electrons.